The van der Waals surface area contributed by atoms with Gasteiger partial charge in [-0.3, -0.25) is 9.59 Å². The Kier molecular flexibility index (Phi) is 6.56. The number of hydrogen-bond donors (Lipinski definition) is 0. The first-order chi connectivity index (χ1) is 9.43. The molecule has 2 rings (SSSR count). The monoisotopic (exact) mass is 278 g/mol. The lowest BCUT2D eigenvalue weighted by molar-refractivity contribution is -0.122. The molecule has 2 atom stereocenters. The molecular formula is C17H23FO2. The number of benzene rings is 1. The molecule has 1 aliphatic rings. The van der Waals surface area contributed by atoms with Crippen LogP contribution < -0.4 is 0 Å². The van der Waals surface area contributed by atoms with Crippen LogP contribution in [0.3, 0.4) is 0 Å². The third-order valence-corrected chi connectivity index (χ3v) is 3.75. The van der Waals surface area contributed by atoms with E-state index in [0.717, 1.165) is 25.2 Å². The van der Waals surface area contributed by atoms with Gasteiger partial charge in [0, 0.05) is 17.9 Å². The minimum absolute atomic E-state index is 0.0417. The van der Waals surface area contributed by atoms with E-state index in [9.17, 15) is 14.0 Å². The molecule has 1 fully saturated rings. The molecule has 0 N–H and O–H groups in total. The van der Waals surface area contributed by atoms with Crippen LogP contribution in [0.5, 0.6) is 0 Å². The van der Waals surface area contributed by atoms with Crippen molar-refractivity contribution in [3.63, 3.8) is 0 Å². The molecule has 0 amide bonds. The zero-order valence-electron chi connectivity index (χ0n) is 12.5. The van der Waals surface area contributed by atoms with Crippen LogP contribution in [0.1, 0.15) is 56.8 Å². The van der Waals surface area contributed by atoms with Crippen molar-refractivity contribution in [1.82, 2.24) is 0 Å². The maximum Gasteiger partial charge on any atom is 0.159 e. The SMILES string of the molecule is CC(=O)c1ccc(F)cc1.CCC(=O)[C@@H]1CC[C@H](C)C1. The van der Waals surface area contributed by atoms with Gasteiger partial charge in [0.15, 0.2) is 5.78 Å². The fourth-order valence-electron chi connectivity index (χ4n) is 2.47. The van der Waals surface area contributed by atoms with Crippen LogP contribution in [-0.4, -0.2) is 11.6 Å². The summed E-state index contributed by atoms with van der Waals surface area (Å²) in [5.41, 5.74) is 0.543. The van der Waals surface area contributed by atoms with Gasteiger partial charge in [-0.05, 0) is 56.4 Å². The van der Waals surface area contributed by atoms with E-state index in [0.29, 0.717) is 17.3 Å². The average molecular weight is 278 g/mol. The molecule has 20 heavy (non-hydrogen) atoms. The molecule has 0 aliphatic heterocycles. The summed E-state index contributed by atoms with van der Waals surface area (Å²) in [6.07, 6.45) is 4.29. The van der Waals surface area contributed by atoms with Crippen molar-refractivity contribution in [2.45, 2.75) is 46.5 Å². The second kappa shape index (κ2) is 7.93. The third-order valence-electron chi connectivity index (χ3n) is 3.75. The lowest BCUT2D eigenvalue weighted by Crippen LogP contribution is -2.08. The van der Waals surface area contributed by atoms with Crippen LogP contribution in [0.4, 0.5) is 4.39 Å². The topological polar surface area (TPSA) is 34.1 Å². The molecule has 3 heteroatoms. The third kappa shape index (κ3) is 5.24. The molecule has 110 valence electrons. The van der Waals surface area contributed by atoms with Crippen molar-refractivity contribution in [3.05, 3.63) is 35.6 Å². The highest BCUT2D eigenvalue weighted by atomic mass is 19.1. The Morgan fingerprint density at radius 3 is 2.20 bits per heavy atom. The van der Waals surface area contributed by atoms with Gasteiger partial charge in [-0.15, -0.1) is 0 Å². The van der Waals surface area contributed by atoms with Crippen LogP contribution >= 0.6 is 0 Å². The Bertz CT molecular complexity index is 451. The first-order valence-electron chi connectivity index (χ1n) is 7.23. The van der Waals surface area contributed by atoms with Gasteiger partial charge < -0.3 is 0 Å². The minimum atomic E-state index is -0.315. The van der Waals surface area contributed by atoms with E-state index in [4.69, 9.17) is 0 Å². The number of rotatable bonds is 3. The highest BCUT2D eigenvalue weighted by Crippen LogP contribution is 2.31. The fourth-order valence-corrected chi connectivity index (χ4v) is 2.47. The number of Topliss-reactive ketones (excluding diaryl/α,β-unsaturated/α-hetero) is 2. The maximum absolute atomic E-state index is 12.2. The number of carbonyl (C=O) groups is 2. The molecule has 0 unspecified atom stereocenters. The molecule has 0 heterocycles. The summed E-state index contributed by atoms with van der Waals surface area (Å²) in [7, 11) is 0. The standard InChI is InChI=1S/C9H16O.C8H7FO/c1-3-9(10)8-5-4-7(2)6-8;1-6(10)7-2-4-8(9)5-3-7/h7-8H,3-6H2,1-2H3;2-5H,1H3/t7-,8+;/m0./s1. The molecule has 0 radical (unpaired) electrons. The van der Waals surface area contributed by atoms with Crippen LogP contribution in [0.25, 0.3) is 0 Å². The lowest BCUT2D eigenvalue weighted by atomic mass is 10.00. The molecule has 0 bridgehead atoms. The van der Waals surface area contributed by atoms with Gasteiger partial charge in [-0.25, -0.2) is 4.39 Å². The van der Waals surface area contributed by atoms with Gasteiger partial charge in [0.2, 0.25) is 0 Å². The van der Waals surface area contributed by atoms with Gasteiger partial charge >= 0.3 is 0 Å². The Balaban J connectivity index is 0.000000200. The Hall–Kier alpha value is -1.51. The van der Waals surface area contributed by atoms with E-state index in [1.165, 1.54) is 37.6 Å². The van der Waals surface area contributed by atoms with E-state index >= 15 is 0 Å². The normalized spacial score (nSPS) is 21.0. The lowest BCUT2D eigenvalue weighted by Gasteiger charge is -2.04. The van der Waals surface area contributed by atoms with Crippen molar-refractivity contribution in [2.75, 3.05) is 0 Å². The summed E-state index contributed by atoms with van der Waals surface area (Å²) in [5.74, 6) is 1.33. The summed E-state index contributed by atoms with van der Waals surface area (Å²) in [6, 6.07) is 5.49. The number of ketones is 2. The molecule has 1 aromatic rings. The Morgan fingerprint density at radius 1 is 1.20 bits per heavy atom. The van der Waals surface area contributed by atoms with Gasteiger partial charge in [0.25, 0.3) is 0 Å². The van der Waals surface area contributed by atoms with Gasteiger partial charge in [-0.1, -0.05) is 13.8 Å². The Labute approximate surface area is 120 Å². The van der Waals surface area contributed by atoms with Crippen molar-refractivity contribution in [3.8, 4) is 0 Å². The van der Waals surface area contributed by atoms with E-state index in [1.54, 1.807) is 0 Å². The second-order valence-corrected chi connectivity index (χ2v) is 5.50. The number of carbonyl (C=O) groups excluding carboxylic acids is 2. The molecule has 1 saturated carbocycles. The molecule has 0 saturated heterocycles. The van der Waals surface area contributed by atoms with E-state index in [-0.39, 0.29) is 11.6 Å². The molecule has 2 nitrogen and oxygen atoms in total. The fraction of sp³-hybridized carbons (Fsp3) is 0.529. The summed E-state index contributed by atoms with van der Waals surface area (Å²) in [5, 5.41) is 0. The smallest absolute Gasteiger partial charge is 0.159 e. The zero-order chi connectivity index (χ0) is 15.1. The summed E-state index contributed by atoms with van der Waals surface area (Å²) in [4.78, 5) is 21.8. The number of hydrogen-bond acceptors (Lipinski definition) is 2. The van der Waals surface area contributed by atoms with E-state index < -0.39 is 0 Å². The zero-order valence-corrected chi connectivity index (χ0v) is 12.5. The van der Waals surface area contributed by atoms with Gasteiger partial charge in [0.1, 0.15) is 11.6 Å². The highest BCUT2D eigenvalue weighted by Gasteiger charge is 2.25. The summed E-state index contributed by atoms with van der Waals surface area (Å²) in [6.45, 7) is 5.65. The average Bonchev–Trinajstić information content (AvgIpc) is 2.86. The predicted molar refractivity (Wildman–Crippen MR) is 78.2 cm³/mol. The minimum Gasteiger partial charge on any atom is -0.299 e. The highest BCUT2D eigenvalue weighted by molar-refractivity contribution is 5.93. The summed E-state index contributed by atoms with van der Waals surface area (Å²) >= 11 is 0. The quantitative estimate of drug-likeness (QED) is 0.766. The van der Waals surface area contributed by atoms with Crippen LogP contribution in [0.15, 0.2) is 24.3 Å². The van der Waals surface area contributed by atoms with E-state index in [2.05, 4.69) is 6.92 Å². The first-order valence-corrected chi connectivity index (χ1v) is 7.23. The molecular weight excluding hydrogens is 255 g/mol. The second-order valence-electron chi connectivity index (χ2n) is 5.50. The number of halogens is 1. The van der Waals surface area contributed by atoms with Crippen molar-refractivity contribution in [2.24, 2.45) is 11.8 Å². The van der Waals surface area contributed by atoms with Gasteiger partial charge in [-0.2, -0.15) is 0 Å². The predicted octanol–water partition coefficient (Wildman–Crippen LogP) is 4.43. The molecule has 0 aromatic heterocycles. The Morgan fingerprint density at radius 2 is 1.80 bits per heavy atom. The van der Waals surface area contributed by atoms with Crippen molar-refractivity contribution >= 4 is 11.6 Å². The maximum atomic E-state index is 12.2. The van der Waals surface area contributed by atoms with Gasteiger partial charge in [0.05, 0.1) is 0 Å². The first kappa shape index (κ1) is 16.5. The molecule has 0 spiro atoms. The molecule has 1 aromatic carbocycles. The van der Waals surface area contributed by atoms with Crippen LogP contribution in [0.2, 0.25) is 0 Å². The van der Waals surface area contributed by atoms with Crippen LogP contribution in [0, 0.1) is 17.7 Å². The van der Waals surface area contributed by atoms with E-state index in [1.807, 2.05) is 6.92 Å². The van der Waals surface area contributed by atoms with Crippen molar-refractivity contribution in [1.29, 1.82) is 0 Å². The summed E-state index contributed by atoms with van der Waals surface area (Å²) < 4.78 is 12.2. The molecule has 1 aliphatic carbocycles. The van der Waals surface area contributed by atoms with Crippen molar-refractivity contribution < 1.29 is 14.0 Å². The van der Waals surface area contributed by atoms with Crippen LogP contribution in [-0.2, 0) is 4.79 Å². The largest absolute Gasteiger partial charge is 0.299 e.